The predicted molar refractivity (Wildman–Crippen MR) is 202 cm³/mol. The van der Waals surface area contributed by atoms with Crippen LogP contribution in [0, 0.1) is 28.6 Å². The molecule has 7 atom stereocenters. The summed E-state index contributed by atoms with van der Waals surface area (Å²) < 4.78 is 39.8. The van der Waals surface area contributed by atoms with Crippen LogP contribution in [0.5, 0.6) is 5.88 Å². The summed E-state index contributed by atoms with van der Waals surface area (Å²) in [7, 11) is -3.96. The van der Waals surface area contributed by atoms with Gasteiger partial charge in [-0.1, -0.05) is 51.8 Å². The highest BCUT2D eigenvalue weighted by molar-refractivity contribution is 7.91. The third kappa shape index (κ3) is 7.36. The second-order valence-electron chi connectivity index (χ2n) is 17.8. The molecule has 0 spiro atoms. The van der Waals surface area contributed by atoms with E-state index in [0.717, 1.165) is 32.1 Å². The van der Waals surface area contributed by atoms with Crippen LogP contribution in [0.1, 0.15) is 104 Å². The van der Waals surface area contributed by atoms with Gasteiger partial charge in [-0.3, -0.25) is 28.7 Å². The Hall–Kier alpha value is -4.00. The highest BCUT2D eigenvalue weighted by atomic mass is 32.2. The number of allylic oxidation sites excluding steroid dienone is 1. The van der Waals surface area contributed by atoms with Crippen molar-refractivity contribution in [1.29, 1.82) is 0 Å². The van der Waals surface area contributed by atoms with Gasteiger partial charge in [0.1, 0.15) is 12.2 Å². The Bertz CT molecular complexity index is 2050. The number of hydrogen-bond acceptors (Lipinski definition) is 9. The molecule has 54 heavy (non-hydrogen) atoms. The van der Waals surface area contributed by atoms with Gasteiger partial charge in [-0.25, -0.2) is 8.42 Å². The van der Waals surface area contributed by atoms with Crippen LogP contribution < -0.4 is 14.9 Å². The zero-order chi connectivity index (χ0) is 38.8. The van der Waals surface area contributed by atoms with Crippen molar-refractivity contribution in [3.63, 3.8) is 0 Å². The lowest BCUT2D eigenvalue weighted by molar-refractivity contribution is -0.154. The lowest BCUT2D eigenvalue weighted by Gasteiger charge is -2.34. The Balaban J connectivity index is 1.22. The molecule has 1 aromatic heterocycles. The fourth-order valence-corrected chi connectivity index (χ4v) is 9.82. The van der Waals surface area contributed by atoms with Gasteiger partial charge in [0, 0.05) is 18.2 Å². The zero-order valence-corrected chi connectivity index (χ0v) is 32.6. The van der Waals surface area contributed by atoms with Crippen molar-refractivity contribution in [2.24, 2.45) is 28.6 Å². The summed E-state index contributed by atoms with van der Waals surface area (Å²) in [6.07, 6.45) is 6.21. The maximum absolute atomic E-state index is 14.7. The number of ketones is 1. The molecular weight excluding hydrogens is 711 g/mol. The minimum Gasteiger partial charge on any atom is -0.473 e. The van der Waals surface area contributed by atoms with Crippen LogP contribution in [0.15, 0.2) is 41.7 Å². The molecule has 5 aliphatic rings. The first kappa shape index (κ1) is 38.3. The standard InChI is InChI=1S/C41H53N3O9S/c1-6-25-21-41(25,38(49)43-54(50,51)40(5)16-17-40)22-32(45)31-19-26-23-44(31)37(48)29(39(2,3)4)20-34(46)53-33-18-24(33)12-8-7-9-14-28-35(47)27-13-10-11-15-30(27)42-36(28)52-26/h6,10-11,13,15,24-26,29,31,33H,1,7-9,12,14,16-23H2,2-5H3,(H,42,47)(H,43,49)/t24-,25-,26-,29-,31+,33-,41-/m1/s1. The summed E-state index contributed by atoms with van der Waals surface area (Å²) in [5.41, 5.74) is -0.993. The molecule has 292 valence electrons. The number of hydrogen-bond donors (Lipinski definition) is 2. The Labute approximate surface area is 316 Å². The highest BCUT2D eigenvalue weighted by Crippen LogP contribution is 2.57. The van der Waals surface area contributed by atoms with E-state index in [2.05, 4.69) is 16.3 Å². The smallest absolute Gasteiger partial charge is 0.306 e. The number of fused-ring (bicyclic) bond motifs is 5. The monoisotopic (exact) mass is 763 g/mol. The van der Waals surface area contributed by atoms with Crippen LogP contribution in [-0.2, 0) is 40.4 Å². The molecule has 2 N–H and O–H groups in total. The van der Waals surface area contributed by atoms with Crippen LogP contribution in [0.3, 0.4) is 0 Å². The fraction of sp³-hybridized carbons (Fsp3) is 0.634. The van der Waals surface area contributed by atoms with Crippen LogP contribution in [0.4, 0.5) is 0 Å². The first-order valence-corrected chi connectivity index (χ1v) is 21.0. The van der Waals surface area contributed by atoms with Crippen molar-refractivity contribution in [3.8, 4) is 5.88 Å². The number of para-hydroxylation sites is 1. The number of Topliss-reactive ketones (excluding diaryl/α,β-unsaturated/α-hetero) is 1. The quantitative estimate of drug-likeness (QED) is 0.287. The maximum Gasteiger partial charge on any atom is 0.306 e. The molecule has 7 rings (SSSR count). The molecule has 0 unspecified atom stereocenters. The molecule has 2 aromatic rings. The molecule has 4 fully saturated rings. The molecule has 2 bridgehead atoms. The number of rotatable bonds is 7. The van der Waals surface area contributed by atoms with E-state index in [1.807, 2.05) is 39.0 Å². The van der Waals surface area contributed by atoms with Gasteiger partial charge >= 0.3 is 5.97 Å². The second-order valence-corrected chi connectivity index (χ2v) is 20.0. The van der Waals surface area contributed by atoms with Gasteiger partial charge in [0.2, 0.25) is 21.8 Å². The van der Waals surface area contributed by atoms with E-state index in [0.29, 0.717) is 41.6 Å². The van der Waals surface area contributed by atoms with E-state index in [-0.39, 0.29) is 49.7 Å². The summed E-state index contributed by atoms with van der Waals surface area (Å²) in [4.78, 5) is 74.9. The van der Waals surface area contributed by atoms with Crippen LogP contribution in [-0.4, -0.2) is 71.4 Å². The van der Waals surface area contributed by atoms with Crippen LogP contribution >= 0.6 is 0 Å². The van der Waals surface area contributed by atoms with Crippen molar-refractivity contribution in [1.82, 2.24) is 14.6 Å². The van der Waals surface area contributed by atoms with Gasteiger partial charge < -0.3 is 19.4 Å². The first-order valence-electron chi connectivity index (χ1n) is 19.5. The van der Waals surface area contributed by atoms with E-state index in [1.165, 1.54) is 4.90 Å². The van der Waals surface area contributed by atoms with Gasteiger partial charge in [-0.2, -0.15) is 0 Å². The average molecular weight is 764 g/mol. The van der Waals surface area contributed by atoms with Crippen molar-refractivity contribution >= 4 is 44.5 Å². The highest BCUT2D eigenvalue weighted by Gasteiger charge is 2.62. The normalized spacial score (nSPS) is 31.1. The van der Waals surface area contributed by atoms with Gasteiger partial charge in [-0.15, -0.1) is 6.58 Å². The summed E-state index contributed by atoms with van der Waals surface area (Å²) in [5.74, 6) is -2.64. The number of ether oxygens (including phenoxy) is 2. The summed E-state index contributed by atoms with van der Waals surface area (Å²) >= 11 is 0. The Morgan fingerprint density at radius 1 is 1.07 bits per heavy atom. The SMILES string of the molecule is C=C[C@@H]1C[C@]1(CC(=O)[C@@H]1C[C@@H]2CN1C(=O)[C@H](C(C)(C)C)CC(=O)O[C@@H]1C[C@H]1CCCCCc1c([nH]c3ccccc3c1=O)O2)C(=O)NS(=O)(=O)C1(C)CC1. The molecule has 3 saturated carbocycles. The predicted octanol–water partition coefficient (Wildman–Crippen LogP) is 5.13. The Morgan fingerprint density at radius 2 is 1.81 bits per heavy atom. The van der Waals surface area contributed by atoms with Gasteiger partial charge in [0.05, 0.1) is 46.2 Å². The number of aromatic amines is 1. The number of carbonyl (C=O) groups excluding carboxylic acids is 4. The van der Waals surface area contributed by atoms with E-state index < -0.39 is 73.1 Å². The topological polar surface area (TPSA) is 169 Å². The molecule has 3 heterocycles. The van der Waals surface area contributed by atoms with E-state index in [4.69, 9.17) is 9.47 Å². The van der Waals surface area contributed by atoms with Gasteiger partial charge in [-0.05, 0) is 81.3 Å². The number of aromatic nitrogens is 1. The third-order valence-electron chi connectivity index (χ3n) is 12.7. The fourth-order valence-electron chi connectivity index (χ4n) is 8.49. The Kier molecular flexibility index (Phi) is 9.88. The molecule has 1 aromatic carbocycles. The molecule has 2 amide bonds. The summed E-state index contributed by atoms with van der Waals surface area (Å²) in [6, 6.07) is 6.21. The van der Waals surface area contributed by atoms with Crippen LogP contribution in [0.25, 0.3) is 10.9 Å². The number of amides is 2. The van der Waals surface area contributed by atoms with Crippen molar-refractivity contribution in [2.45, 2.75) is 128 Å². The number of benzene rings is 1. The zero-order valence-electron chi connectivity index (χ0n) is 31.8. The molecule has 0 radical (unpaired) electrons. The van der Waals surface area contributed by atoms with E-state index in [1.54, 1.807) is 19.1 Å². The molecule has 3 aliphatic carbocycles. The number of sulfonamides is 1. The largest absolute Gasteiger partial charge is 0.473 e. The molecule has 12 nitrogen and oxygen atoms in total. The number of esters is 1. The number of nitrogens with zero attached hydrogens (tertiary/aromatic N) is 1. The van der Waals surface area contributed by atoms with E-state index in [9.17, 15) is 32.4 Å². The lowest BCUT2D eigenvalue weighted by Crippen LogP contribution is -2.49. The lowest BCUT2D eigenvalue weighted by atomic mass is 9.77. The number of H-pyrrole nitrogens is 1. The summed E-state index contributed by atoms with van der Waals surface area (Å²) in [6.45, 7) is 11.1. The molecule has 2 aliphatic heterocycles. The minimum atomic E-state index is -3.96. The van der Waals surface area contributed by atoms with E-state index >= 15 is 0 Å². The van der Waals surface area contributed by atoms with Crippen molar-refractivity contribution in [3.05, 3.63) is 52.7 Å². The van der Waals surface area contributed by atoms with Crippen molar-refractivity contribution in [2.75, 3.05) is 6.54 Å². The van der Waals surface area contributed by atoms with Gasteiger partial charge in [0.25, 0.3) is 0 Å². The number of carbonyl (C=O) groups is 4. The molecular formula is C41H53N3O9S. The average Bonchev–Trinajstić information content (AvgIpc) is 4.06. The first-order chi connectivity index (χ1) is 25.5. The van der Waals surface area contributed by atoms with Gasteiger partial charge in [0.15, 0.2) is 17.1 Å². The summed E-state index contributed by atoms with van der Waals surface area (Å²) in [5, 5.41) is 0.552. The Morgan fingerprint density at radius 3 is 2.50 bits per heavy atom. The maximum atomic E-state index is 14.7. The molecule has 13 heteroatoms. The third-order valence-corrected chi connectivity index (χ3v) is 14.9. The number of nitrogens with one attached hydrogen (secondary N) is 2. The molecule has 1 saturated heterocycles. The number of pyridine rings is 1. The van der Waals surface area contributed by atoms with Crippen molar-refractivity contribution < 1.29 is 37.1 Å². The second kappa shape index (κ2) is 13.9. The minimum absolute atomic E-state index is 0.00663. The van der Waals surface area contributed by atoms with Crippen LogP contribution in [0.2, 0.25) is 0 Å².